The third-order valence-electron chi connectivity index (χ3n) is 5.99. The molecule has 0 spiro atoms. The Balaban J connectivity index is 1.37. The first-order valence-electron chi connectivity index (χ1n) is 10.3. The molecular formula is C22H37N2OS+. The van der Waals surface area contributed by atoms with E-state index in [-0.39, 0.29) is 0 Å². The monoisotopic (exact) mass is 377 g/mol. The van der Waals surface area contributed by atoms with Crippen LogP contribution in [0.4, 0.5) is 5.69 Å². The number of para-hydroxylation sites is 1. The Morgan fingerprint density at radius 3 is 2.54 bits per heavy atom. The van der Waals surface area contributed by atoms with E-state index in [2.05, 4.69) is 56.0 Å². The van der Waals surface area contributed by atoms with Crippen LogP contribution in [0.15, 0.2) is 30.3 Å². The number of anilines is 1. The minimum atomic E-state index is 0.341. The third-order valence-corrected chi connectivity index (χ3v) is 6.32. The van der Waals surface area contributed by atoms with Crippen LogP contribution < -0.4 is 9.80 Å². The van der Waals surface area contributed by atoms with Crippen LogP contribution in [0.1, 0.15) is 40.0 Å². The first-order chi connectivity index (χ1) is 12.4. The molecule has 2 fully saturated rings. The van der Waals surface area contributed by atoms with Gasteiger partial charge in [-0.2, -0.15) is 12.6 Å². The van der Waals surface area contributed by atoms with Crippen LogP contribution in [0.25, 0.3) is 0 Å². The molecule has 3 atom stereocenters. The highest BCUT2D eigenvalue weighted by Gasteiger charge is 2.33. The van der Waals surface area contributed by atoms with Crippen molar-refractivity contribution >= 4 is 18.3 Å². The smallest absolute Gasteiger partial charge is 0.0949 e. The van der Waals surface area contributed by atoms with E-state index in [4.69, 9.17) is 17.4 Å². The van der Waals surface area contributed by atoms with Crippen LogP contribution in [-0.4, -0.2) is 50.7 Å². The minimum absolute atomic E-state index is 0.341. The van der Waals surface area contributed by atoms with Crippen molar-refractivity contribution < 1.29 is 9.64 Å². The molecule has 0 amide bonds. The molecule has 146 valence electrons. The molecule has 1 saturated carbocycles. The molecule has 1 aliphatic carbocycles. The molecule has 1 aliphatic heterocycles. The maximum Gasteiger partial charge on any atom is 0.0949 e. The summed E-state index contributed by atoms with van der Waals surface area (Å²) in [5.41, 5.74) is 1.78. The molecule has 3 rings (SSSR count). The Labute approximate surface area is 165 Å². The number of quaternary nitrogens is 1. The number of hydrogen-bond donors (Lipinski definition) is 2. The predicted octanol–water partition coefficient (Wildman–Crippen LogP) is 2.92. The molecule has 1 aromatic carbocycles. The van der Waals surface area contributed by atoms with Crippen molar-refractivity contribution in [3.63, 3.8) is 0 Å². The van der Waals surface area contributed by atoms with Gasteiger partial charge in [-0.25, -0.2) is 0 Å². The highest BCUT2D eigenvalue weighted by atomic mass is 32.1. The van der Waals surface area contributed by atoms with E-state index in [0.717, 1.165) is 32.2 Å². The first kappa shape index (κ1) is 20.0. The summed E-state index contributed by atoms with van der Waals surface area (Å²) < 4.78 is 6.28. The average Bonchev–Trinajstić information content (AvgIpc) is 2.60. The van der Waals surface area contributed by atoms with Gasteiger partial charge < -0.3 is 14.5 Å². The van der Waals surface area contributed by atoms with Gasteiger partial charge in [0.05, 0.1) is 50.7 Å². The molecule has 1 N–H and O–H groups in total. The number of hydrogen-bond acceptors (Lipinski definition) is 3. The predicted molar refractivity (Wildman–Crippen MR) is 114 cm³/mol. The standard InChI is InChI=1S/C22H36N2OS/c1-18-13-20(15-22(2,3)14-18)25-17-21(26)16-23-9-11-24(12-10-23)19-7-5-4-6-8-19/h4-8,18,20-21,26H,9-17H2,1-3H3/p+1/t18-,20+,21+/m0/s1. The van der Waals surface area contributed by atoms with Crippen LogP contribution in [0.2, 0.25) is 0 Å². The van der Waals surface area contributed by atoms with Gasteiger partial charge >= 0.3 is 0 Å². The molecule has 1 saturated heterocycles. The van der Waals surface area contributed by atoms with Crippen LogP contribution in [0, 0.1) is 11.3 Å². The summed E-state index contributed by atoms with van der Waals surface area (Å²) in [5.74, 6) is 0.777. The van der Waals surface area contributed by atoms with Crippen LogP contribution in [0.3, 0.4) is 0 Å². The summed E-state index contributed by atoms with van der Waals surface area (Å²) in [6, 6.07) is 10.8. The summed E-state index contributed by atoms with van der Waals surface area (Å²) >= 11 is 4.84. The Morgan fingerprint density at radius 1 is 1.19 bits per heavy atom. The maximum atomic E-state index is 6.28. The van der Waals surface area contributed by atoms with Gasteiger partial charge in [-0.3, -0.25) is 0 Å². The van der Waals surface area contributed by atoms with Crippen molar-refractivity contribution in [3.05, 3.63) is 30.3 Å². The molecule has 0 unspecified atom stereocenters. The molecule has 26 heavy (non-hydrogen) atoms. The number of nitrogens with zero attached hydrogens (tertiary/aromatic N) is 1. The fourth-order valence-electron chi connectivity index (χ4n) is 4.95. The van der Waals surface area contributed by atoms with Crippen molar-refractivity contribution in [1.29, 1.82) is 0 Å². The Bertz CT molecular complexity index is 542. The van der Waals surface area contributed by atoms with Gasteiger partial charge in [-0.05, 0) is 42.7 Å². The van der Waals surface area contributed by atoms with E-state index in [1.165, 1.54) is 38.0 Å². The average molecular weight is 378 g/mol. The lowest BCUT2D eigenvalue weighted by molar-refractivity contribution is -0.900. The molecule has 3 nitrogen and oxygen atoms in total. The van der Waals surface area contributed by atoms with Crippen LogP contribution >= 0.6 is 12.6 Å². The van der Waals surface area contributed by atoms with Crippen molar-refractivity contribution in [2.75, 3.05) is 44.2 Å². The molecule has 0 radical (unpaired) electrons. The van der Waals surface area contributed by atoms with Crippen molar-refractivity contribution in [2.45, 2.75) is 51.4 Å². The van der Waals surface area contributed by atoms with E-state index in [1.807, 2.05) is 0 Å². The van der Waals surface area contributed by atoms with E-state index in [9.17, 15) is 0 Å². The number of ether oxygens (including phenoxy) is 1. The lowest BCUT2D eigenvalue weighted by Crippen LogP contribution is -3.15. The zero-order valence-corrected chi connectivity index (χ0v) is 17.7. The van der Waals surface area contributed by atoms with E-state index < -0.39 is 0 Å². The number of rotatable bonds is 6. The zero-order valence-electron chi connectivity index (χ0n) is 16.8. The quantitative estimate of drug-likeness (QED) is 0.742. The molecule has 4 heteroatoms. The second-order valence-corrected chi connectivity index (χ2v) is 10.0. The highest BCUT2D eigenvalue weighted by molar-refractivity contribution is 7.81. The molecule has 1 heterocycles. The van der Waals surface area contributed by atoms with Gasteiger partial charge in [0.15, 0.2) is 0 Å². The maximum absolute atomic E-state index is 6.28. The fourth-order valence-corrected chi connectivity index (χ4v) is 5.29. The van der Waals surface area contributed by atoms with Gasteiger partial charge in [0.25, 0.3) is 0 Å². The topological polar surface area (TPSA) is 16.9 Å². The number of piperazine rings is 1. The largest absolute Gasteiger partial charge is 0.377 e. The fraction of sp³-hybridized carbons (Fsp3) is 0.727. The Morgan fingerprint density at radius 2 is 1.88 bits per heavy atom. The lowest BCUT2D eigenvalue weighted by atomic mass is 9.71. The van der Waals surface area contributed by atoms with Gasteiger partial charge in [-0.15, -0.1) is 0 Å². The van der Waals surface area contributed by atoms with Crippen molar-refractivity contribution in [3.8, 4) is 0 Å². The first-order valence-corrected chi connectivity index (χ1v) is 10.9. The van der Waals surface area contributed by atoms with E-state index in [0.29, 0.717) is 16.8 Å². The normalized spacial score (nSPS) is 28.1. The van der Waals surface area contributed by atoms with Crippen LogP contribution in [0.5, 0.6) is 0 Å². The van der Waals surface area contributed by atoms with Crippen molar-refractivity contribution in [2.24, 2.45) is 11.3 Å². The van der Waals surface area contributed by atoms with Gasteiger partial charge in [0, 0.05) is 5.69 Å². The molecule has 0 aromatic heterocycles. The summed E-state index contributed by atoms with van der Waals surface area (Å²) in [5, 5.41) is 0.341. The molecule has 1 aromatic rings. The van der Waals surface area contributed by atoms with Gasteiger partial charge in [0.1, 0.15) is 0 Å². The highest BCUT2D eigenvalue weighted by Crippen LogP contribution is 2.39. The Kier molecular flexibility index (Phi) is 6.92. The number of thiol groups is 1. The zero-order chi connectivity index (χ0) is 18.6. The third kappa shape index (κ3) is 5.90. The SMILES string of the molecule is C[C@H]1C[C@@H](OC[C@H](S)C[NH+]2CCN(c3ccccc3)CC2)CC(C)(C)C1. The van der Waals surface area contributed by atoms with Gasteiger partial charge in [-0.1, -0.05) is 39.0 Å². The molecule has 2 aliphatic rings. The van der Waals surface area contributed by atoms with Gasteiger partial charge in [0.2, 0.25) is 0 Å². The van der Waals surface area contributed by atoms with Crippen LogP contribution in [-0.2, 0) is 4.74 Å². The summed E-state index contributed by atoms with van der Waals surface area (Å²) in [7, 11) is 0. The van der Waals surface area contributed by atoms with E-state index >= 15 is 0 Å². The summed E-state index contributed by atoms with van der Waals surface area (Å²) in [4.78, 5) is 4.16. The number of benzene rings is 1. The second kappa shape index (κ2) is 8.99. The number of nitrogens with one attached hydrogen (secondary N) is 1. The van der Waals surface area contributed by atoms with E-state index in [1.54, 1.807) is 4.90 Å². The Hall–Kier alpha value is -0.710. The minimum Gasteiger partial charge on any atom is -0.377 e. The summed E-state index contributed by atoms with van der Waals surface area (Å²) in [6.45, 7) is 13.7. The summed E-state index contributed by atoms with van der Waals surface area (Å²) in [6.07, 6.45) is 4.16. The van der Waals surface area contributed by atoms with Crippen molar-refractivity contribution in [1.82, 2.24) is 0 Å². The molecular weight excluding hydrogens is 340 g/mol. The molecule has 0 bridgehead atoms. The second-order valence-electron chi connectivity index (χ2n) is 9.30. The lowest BCUT2D eigenvalue weighted by Gasteiger charge is -2.39.